The molecule has 1 amide bonds. The van der Waals surface area contributed by atoms with Crippen molar-refractivity contribution in [3.05, 3.63) is 53.1 Å². The maximum Gasteiger partial charge on any atom is 0.416 e. The minimum atomic E-state index is -4.67. The molecule has 2 aromatic carbocycles. The first kappa shape index (κ1) is 33.8. The Bertz CT molecular complexity index is 1280. The van der Waals surface area contributed by atoms with Crippen LogP contribution in [0.3, 0.4) is 0 Å². The fourth-order valence-electron chi connectivity index (χ4n) is 4.19. The summed E-state index contributed by atoms with van der Waals surface area (Å²) in [6.07, 6.45) is -5.36. The third-order valence-corrected chi connectivity index (χ3v) is 7.11. The number of aryl methyl sites for hydroxylation is 1. The van der Waals surface area contributed by atoms with E-state index in [-0.39, 0.29) is 46.2 Å². The molecule has 2 rings (SSSR count). The van der Waals surface area contributed by atoms with Crippen LogP contribution in [-0.4, -0.2) is 41.1 Å². The van der Waals surface area contributed by atoms with Crippen LogP contribution >= 0.6 is 0 Å². The van der Waals surface area contributed by atoms with Gasteiger partial charge >= 0.3 is 24.2 Å². The second-order valence-corrected chi connectivity index (χ2v) is 11.7. The molecule has 0 aliphatic carbocycles. The highest BCUT2D eigenvalue weighted by Gasteiger charge is 2.51. The van der Waals surface area contributed by atoms with Crippen molar-refractivity contribution in [1.29, 1.82) is 0 Å². The number of ether oxygens (including phenoxy) is 3. The molecule has 0 bridgehead atoms. The van der Waals surface area contributed by atoms with Crippen LogP contribution in [0.25, 0.3) is 0 Å². The molecule has 0 heterocycles. The van der Waals surface area contributed by atoms with Crippen molar-refractivity contribution in [2.45, 2.75) is 88.3 Å². The summed E-state index contributed by atoms with van der Waals surface area (Å²) >= 11 is 0. The number of alkyl halides is 3. The molecule has 0 saturated carbocycles. The second kappa shape index (κ2) is 13.5. The number of esters is 2. The molecular weight excluding hydrogens is 563 g/mol. The predicted octanol–water partition coefficient (Wildman–Crippen LogP) is 6.69. The Morgan fingerprint density at radius 1 is 0.878 bits per heavy atom. The molecule has 1 unspecified atom stereocenters. The van der Waals surface area contributed by atoms with Crippen LogP contribution in [0.15, 0.2) is 46.2 Å². The van der Waals surface area contributed by atoms with E-state index in [1.165, 1.54) is 31.2 Å². The van der Waals surface area contributed by atoms with E-state index < -0.39 is 51.6 Å². The van der Waals surface area contributed by atoms with Gasteiger partial charge in [0, 0.05) is 21.0 Å². The van der Waals surface area contributed by atoms with Gasteiger partial charge in [-0.2, -0.15) is 13.2 Å². The summed E-state index contributed by atoms with van der Waals surface area (Å²) in [5, 5.41) is 2.54. The van der Waals surface area contributed by atoms with E-state index in [2.05, 4.69) is 5.32 Å². The van der Waals surface area contributed by atoms with E-state index in [0.717, 1.165) is 12.1 Å². The van der Waals surface area contributed by atoms with Crippen LogP contribution in [-0.2, 0) is 46.2 Å². The maximum atomic E-state index is 13.6. The Balaban J connectivity index is 2.86. The quantitative estimate of drug-likeness (QED) is 0.184. The highest BCUT2D eigenvalue weighted by molar-refractivity contribution is 7.85. The molecule has 2 aromatic rings. The SMILES string of the molecule is CCCC(C(=O)OCC)(C(=O)OCC)c1cc(S(=O)c2cc(C)cc(C(F)(F)F)c2)ccc1NC(=O)OC(C)(C)C. The first-order valence-electron chi connectivity index (χ1n) is 13.1. The first-order valence-corrected chi connectivity index (χ1v) is 14.2. The maximum absolute atomic E-state index is 13.6. The zero-order valence-corrected chi connectivity index (χ0v) is 25.0. The van der Waals surface area contributed by atoms with Crippen LogP contribution < -0.4 is 5.32 Å². The lowest BCUT2D eigenvalue weighted by molar-refractivity contribution is -0.165. The van der Waals surface area contributed by atoms with Crippen molar-refractivity contribution in [3.8, 4) is 0 Å². The van der Waals surface area contributed by atoms with Crippen molar-refractivity contribution >= 4 is 34.5 Å². The minimum Gasteiger partial charge on any atom is -0.465 e. The molecule has 0 aliphatic rings. The van der Waals surface area contributed by atoms with Crippen LogP contribution in [0, 0.1) is 6.92 Å². The van der Waals surface area contributed by atoms with Gasteiger partial charge in [-0.05, 0) is 89.9 Å². The van der Waals surface area contributed by atoms with E-state index in [0.29, 0.717) is 6.42 Å². The van der Waals surface area contributed by atoms with E-state index in [1.54, 1.807) is 41.5 Å². The Labute approximate surface area is 240 Å². The number of rotatable bonds is 10. The molecule has 8 nitrogen and oxygen atoms in total. The van der Waals surface area contributed by atoms with Gasteiger partial charge in [-0.15, -0.1) is 0 Å². The van der Waals surface area contributed by atoms with Gasteiger partial charge in [-0.3, -0.25) is 14.9 Å². The monoisotopic (exact) mass is 599 g/mol. The zero-order chi connectivity index (χ0) is 31.2. The summed E-state index contributed by atoms with van der Waals surface area (Å²) in [7, 11) is -2.17. The van der Waals surface area contributed by atoms with Gasteiger partial charge in [-0.25, -0.2) is 9.00 Å². The third kappa shape index (κ3) is 8.31. The zero-order valence-electron chi connectivity index (χ0n) is 24.2. The van der Waals surface area contributed by atoms with Crippen LogP contribution in [0.5, 0.6) is 0 Å². The van der Waals surface area contributed by atoms with Gasteiger partial charge in [0.05, 0.1) is 29.6 Å². The molecule has 0 fully saturated rings. The number of hydrogen-bond donors (Lipinski definition) is 1. The van der Waals surface area contributed by atoms with Gasteiger partial charge < -0.3 is 14.2 Å². The summed E-state index contributed by atoms with van der Waals surface area (Å²) in [6, 6.07) is 6.97. The fourth-order valence-corrected chi connectivity index (χ4v) is 5.41. The molecular formula is C29H36F3NO7S. The summed E-state index contributed by atoms with van der Waals surface area (Å²) in [5.41, 5.74) is -3.80. The number of anilines is 1. The Morgan fingerprint density at radius 2 is 1.46 bits per heavy atom. The third-order valence-electron chi connectivity index (χ3n) is 5.77. The number of carbonyl (C=O) groups is 3. The van der Waals surface area contributed by atoms with Crippen LogP contribution in [0.1, 0.15) is 71.1 Å². The number of amides is 1. The number of hydrogen-bond acceptors (Lipinski definition) is 7. The molecule has 0 radical (unpaired) electrons. The van der Waals surface area contributed by atoms with E-state index in [4.69, 9.17) is 14.2 Å². The topological polar surface area (TPSA) is 108 Å². The summed E-state index contributed by atoms with van der Waals surface area (Å²) in [4.78, 5) is 39.6. The Hall–Kier alpha value is -3.41. The van der Waals surface area contributed by atoms with E-state index >= 15 is 0 Å². The molecule has 0 aliphatic heterocycles. The number of halogens is 3. The van der Waals surface area contributed by atoms with Crippen molar-refractivity contribution in [2.75, 3.05) is 18.5 Å². The minimum absolute atomic E-state index is 0.0115. The van der Waals surface area contributed by atoms with Crippen molar-refractivity contribution < 1.29 is 46.0 Å². The lowest BCUT2D eigenvalue weighted by Gasteiger charge is -2.31. The molecule has 1 atom stereocenters. The van der Waals surface area contributed by atoms with Gasteiger partial charge in [0.1, 0.15) is 5.60 Å². The van der Waals surface area contributed by atoms with E-state index in [1.807, 2.05) is 0 Å². The molecule has 41 heavy (non-hydrogen) atoms. The van der Waals surface area contributed by atoms with Gasteiger partial charge in [0.25, 0.3) is 0 Å². The molecule has 0 saturated heterocycles. The summed E-state index contributed by atoms with van der Waals surface area (Å²) < 4.78 is 70.0. The fraction of sp³-hybridized carbons (Fsp3) is 0.483. The predicted molar refractivity (Wildman–Crippen MR) is 147 cm³/mol. The summed E-state index contributed by atoms with van der Waals surface area (Å²) in [5.74, 6) is -1.91. The molecule has 0 spiro atoms. The smallest absolute Gasteiger partial charge is 0.416 e. The lowest BCUT2D eigenvalue weighted by atomic mass is 9.75. The van der Waals surface area contributed by atoms with Crippen molar-refractivity contribution in [3.63, 3.8) is 0 Å². The Kier molecular flexibility index (Phi) is 11.1. The standard InChI is InChI=1S/C29H36F3NO7S/c1-8-13-28(24(34)38-9-2,25(35)39-10-3)22-17-20(11-12-23(22)33-26(36)40-27(5,6)7)41(37)21-15-18(4)14-19(16-21)29(30,31)32/h11-12,14-17H,8-10,13H2,1-7H3,(H,33,36). The molecule has 1 N–H and O–H groups in total. The van der Waals surface area contributed by atoms with Crippen molar-refractivity contribution in [1.82, 2.24) is 0 Å². The largest absolute Gasteiger partial charge is 0.465 e. The van der Waals surface area contributed by atoms with Gasteiger partial charge in [0.15, 0.2) is 5.41 Å². The highest BCUT2D eigenvalue weighted by atomic mass is 32.2. The number of nitrogens with one attached hydrogen (secondary N) is 1. The summed E-state index contributed by atoms with van der Waals surface area (Å²) in [6.45, 7) is 11.1. The van der Waals surface area contributed by atoms with Gasteiger partial charge in [-0.1, -0.05) is 13.3 Å². The van der Waals surface area contributed by atoms with E-state index in [9.17, 15) is 31.8 Å². The Morgan fingerprint density at radius 3 is 1.95 bits per heavy atom. The number of benzene rings is 2. The number of carbonyl (C=O) groups excluding carboxylic acids is 3. The lowest BCUT2D eigenvalue weighted by Crippen LogP contribution is -2.47. The van der Waals surface area contributed by atoms with Crippen molar-refractivity contribution in [2.24, 2.45) is 0 Å². The molecule has 0 aromatic heterocycles. The highest BCUT2D eigenvalue weighted by Crippen LogP contribution is 2.40. The van der Waals surface area contributed by atoms with Gasteiger partial charge in [0.2, 0.25) is 0 Å². The average molecular weight is 600 g/mol. The van der Waals surface area contributed by atoms with Crippen LogP contribution in [0.4, 0.5) is 23.7 Å². The molecule has 226 valence electrons. The second-order valence-electron chi connectivity index (χ2n) is 10.2. The molecule has 12 heteroatoms. The normalized spacial score (nSPS) is 12.8. The van der Waals surface area contributed by atoms with Crippen LogP contribution in [0.2, 0.25) is 0 Å². The first-order chi connectivity index (χ1) is 19.0. The average Bonchev–Trinajstić information content (AvgIpc) is 2.85.